The Labute approximate surface area is 103 Å². The molecule has 0 bridgehead atoms. The van der Waals surface area contributed by atoms with Gasteiger partial charge in [0.2, 0.25) is 0 Å². The third-order valence-corrected chi connectivity index (χ3v) is 3.47. The van der Waals surface area contributed by atoms with Crippen molar-refractivity contribution in [2.24, 2.45) is 5.73 Å². The molecule has 2 unspecified atom stereocenters. The number of ether oxygens (including phenoxy) is 1. The van der Waals surface area contributed by atoms with E-state index in [1.807, 2.05) is 0 Å². The molecule has 17 heavy (non-hydrogen) atoms. The van der Waals surface area contributed by atoms with Gasteiger partial charge in [0.1, 0.15) is 5.54 Å². The summed E-state index contributed by atoms with van der Waals surface area (Å²) < 4.78 is 5.29. The largest absolute Gasteiger partial charge is 0.480 e. The quantitative estimate of drug-likeness (QED) is 0.644. The first-order chi connectivity index (χ1) is 7.95. The number of likely N-dealkylation sites (tertiary alicyclic amines) is 1. The van der Waals surface area contributed by atoms with Crippen molar-refractivity contribution in [3.8, 4) is 0 Å². The minimum Gasteiger partial charge on any atom is -0.480 e. The summed E-state index contributed by atoms with van der Waals surface area (Å²) in [5, 5.41) is 8.87. The van der Waals surface area contributed by atoms with Gasteiger partial charge in [-0.2, -0.15) is 0 Å². The standard InChI is InChI=1S/C12H24N2O3/c1-12(13,11(15)16)6-3-4-7-14-8-5-10(9-14)17-2/h10H,3-9,13H2,1-2H3,(H,15,16). The lowest BCUT2D eigenvalue weighted by Gasteiger charge is -2.20. The number of nitrogens with two attached hydrogens (primary N) is 1. The highest BCUT2D eigenvalue weighted by atomic mass is 16.5. The van der Waals surface area contributed by atoms with Crippen molar-refractivity contribution in [3.05, 3.63) is 0 Å². The number of hydrogen-bond acceptors (Lipinski definition) is 4. The topological polar surface area (TPSA) is 75.8 Å². The van der Waals surface area contributed by atoms with Gasteiger partial charge in [-0.25, -0.2) is 0 Å². The van der Waals surface area contributed by atoms with Crippen LogP contribution in [-0.4, -0.2) is 54.4 Å². The molecule has 0 spiro atoms. The van der Waals surface area contributed by atoms with Gasteiger partial charge >= 0.3 is 5.97 Å². The van der Waals surface area contributed by atoms with Gasteiger partial charge in [-0.15, -0.1) is 0 Å². The summed E-state index contributed by atoms with van der Waals surface area (Å²) in [6.45, 7) is 4.66. The molecule has 0 aliphatic carbocycles. The third kappa shape index (κ3) is 4.61. The molecule has 0 radical (unpaired) electrons. The van der Waals surface area contributed by atoms with Crippen LogP contribution >= 0.6 is 0 Å². The average molecular weight is 244 g/mol. The maximum atomic E-state index is 10.8. The van der Waals surface area contributed by atoms with Gasteiger partial charge in [0.05, 0.1) is 6.10 Å². The molecule has 1 heterocycles. The van der Waals surface area contributed by atoms with Crippen molar-refractivity contribution in [3.63, 3.8) is 0 Å². The molecule has 1 saturated heterocycles. The van der Waals surface area contributed by atoms with Crippen molar-refractivity contribution in [1.29, 1.82) is 0 Å². The number of nitrogens with zero attached hydrogens (tertiary/aromatic N) is 1. The molecule has 100 valence electrons. The second-order valence-corrected chi connectivity index (χ2v) is 5.13. The molecule has 0 aromatic heterocycles. The summed E-state index contributed by atoms with van der Waals surface area (Å²) >= 11 is 0. The molecular formula is C12H24N2O3. The van der Waals surface area contributed by atoms with E-state index in [9.17, 15) is 4.79 Å². The number of carbonyl (C=O) groups is 1. The first kappa shape index (κ1) is 14.4. The number of rotatable bonds is 7. The van der Waals surface area contributed by atoms with Crippen molar-refractivity contribution >= 4 is 5.97 Å². The Bertz CT molecular complexity index is 256. The summed E-state index contributed by atoms with van der Waals surface area (Å²) in [7, 11) is 1.75. The van der Waals surface area contributed by atoms with Gasteiger partial charge in [-0.05, 0) is 39.2 Å². The van der Waals surface area contributed by atoms with Gasteiger partial charge in [0, 0.05) is 20.2 Å². The Morgan fingerprint density at radius 1 is 1.59 bits per heavy atom. The zero-order valence-corrected chi connectivity index (χ0v) is 10.8. The average Bonchev–Trinajstić information content (AvgIpc) is 2.72. The highest BCUT2D eigenvalue weighted by molar-refractivity contribution is 5.77. The monoisotopic (exact) mass is 244 g/mol. The maximum absolute atomic E-state index is 10.8. The van der Waals surface area contributed by atoms with E-state index in [-0.39, 0.29) is 0 Å². The van der Waals surface area contributed by atoms with Crippen molar-refractivity contribution in [2.45, 2.75) is 44.2 Å². The van der Waals surface area contributed by atoms with Crippen LogP contribution in [0.3, 0.4) is 0 Å². The van der Waals surface area contributed by atoms with E-state index in [1.165, 1.54) is 0 Å². The second kappa shape index (κ2) is 6.33. The lowest BCUT2D eigenvalue weighted by molar-refractivity contribution is -0.142. The molecule has 1 aliphatic rings. The van der Waals surface area contributed by atoms with Gasteiger partial charge < -0.3 is 20.5 Å². The van der Waals surface area contributed by atoms with Crippen molar-refractivity contribution in [2.75, 3.05) is 26.7 Å². The van der Waals surface area contributed by atoms with E-state index in [0.717, 1.165) is 38.9 Å². The highest BCUT2D eigenvalue weighted by Crippen LogP contribution is 2.15. The fraction of sp³-hybridized carbons (Fsp3) is 0.917. The predicted molar refractivity (Wildman–Crippen MR) is 65.9 cm³/mol. The fourth-order valence-electron chi connectivity index (χ4n) is 2.13. The minimum absolute atomic E-state index is 0.369. The molecule has 0 amide bonds. The number of hydrogen-bond donors (Lipinski definition) is 2. The number of carboxylic acid groups (broad SMARTS) is 1. The molecule has 5 nitrogen and oxygen atoms in total. The molecule has 3 N–H and O–H groups in total. The zero-order valence-electron chi connectivity index (χ0n) is 10.8. The van der Waals surface area contributed by atoms with E-state index >= 15 is 0 Å². The Hall–Kier alpha value is -0.650. The second-order valence-electron chi connectivity index (χ2n) is 5.13. The van der Waals surface area contributed by atoms with Crippen LogP contribution < -0.4 is 5.73 Å². The lowest BCUT2D eigenvalue weighted by atomic mass is 9.96. The molecular weight excluding hydrogens is 220 g/mol. The number of unbranched alkanes of at least 4 members (excludes halogenated alkanes) is 1. The molecule has 5 heteroatoms. The first-order valence-corrected chi connectivity index (χ1v) is 6.23. The normalized spacial score (nSPS) is 24.8. The smallest absolute Gasteiger partial charge is 0.323 e. The first-order valence-electron chi connectivity index (χ1n) is 6.23. The van der Waals surface area contributed by atoms with Crippen LogP contribution in [0.2, 0.25) is 0 Å². The predicted octanol–water partition coefficient (Wildman–Crippen LogP) is 0.679. The van der Waals surface area contributed by atoms with Gasteiger partial charge in [-0.3, -0.25) is 4.79 Å². The van der Waals surface area contributed by atoms with Gasteiger partial charge in [0.25, 0.3) is 0 Å². The molecule has 0 saturated carbocycles. The van der Waals surface area contributed by atoms with E-state index < -0.39 is 11.5 Å². The highest BCUT2D eigenvalue weighted by Gasteiger charge is 2.27. The van der Waals surface area contributed by atoms with Crippen LogP contribution in [0.25, 0.3) is 0 Å². The SMILES string of the molecule is COC1CCN(CCCCC(C)(N)C(=O)O)C1. The summed E-state index contributed by atoms with van der Waals surface area (Å²) in [6.07, 6.45) is 3.85. The summed E-state index contributed by atoms with van der Waals surface area (Å²) in [6, 6.07) is 0. The molecule has 1 fully saturated rings. The summed E-state index contributed by atoms with van der Waals surface area (Å²) in [4.78, 5) is 13.2. The van der Waals surface area contributed by atoms with Crippen LogP contribution in [0.4, 0.5) is 0 Å². The van der Waals surface area contributed by atoms with Crippen LogP contribution in [-0.2, 0) is 9.53 Å². The molecule has 0 aromatic carbocycles. The number of methoxy groups -OCH3 is 1. The van der Waals surface area contributed by atoms with Gasteiger partial charge in [-0.1, -0.05) is 0 Å². The number of carboxylic acids is 1. The zero-order chi connectivity index (χ0) is 12.9. The minimum atomic E-state index is -1.08. The van der Waals surface area contributed by atoms with E-state index in [2.05, 4.69) is 4.90 Å². The van der Waals surface area contributed by atoms with Gasteiger partial charge in [0.15, 0.2) is 0 Å². The van der Waals surface area contributed by atoms with E-state index in [0.29, 0.717) is 12.5 Å². The van der Waals surface area contributed by atoms with Crippen LogP contribution in [0, 0.1) is 0 Å². The Kier molecular flexibility index (Phi) is 5.36. The van der Waals surface area contributed by atoms with Crippen LogP contribution in [0.1, 0.15) is 32.6 Å². The molecule has 2 atom stereocenters. The number of aliphatic carboxylic acids is 1. The summed E-state index contributed by atoms with van der Waals surface area (Å²) in [5.74, 6) is -0.918. The lowest BCUT2D eigenvalue weighted by Crippen LogP contribution is -2.44. The van der Waals surface area contributed by atoms with Crippen LogP contribution in [0.15, 0.2) is 0 Å². The van der Waals surface area contributed by atoms with Crippen LogP contribution in [0.5, 0.6) is 0 Å². The van der Waals surface area contributed by atoms with E-state index in [4.69, 9.17) is 15.6 Å². The Morgan fingerprint density at radius 2 is 2.29 bits per heavy atom. The third-order valence-electron chi connectivity index (χ3n) is 3.47. The molecule has 0 aromatic rings. The summed E-state index contributed by atoms with van der Waals surface area (Å²) in [5.41, 5.74) is 4.58. The molecule has 1 aliphatic heterocycles. The maximum Gasteiger partial charge on any atom is 0.323 e. The van der Waals surface area contributed by atoms with Crippen molar-refractivity contribution < 1.29 is 14.6 Å². The Balaban J connectivity index is 2.11. The van der Waals surface area contributed by atoms with E-state index in [1.54, 1.807) is 14.0 Å². The Morgan fingerprint density at radius 3 is 2.82 bits per heavy atom. The fourth-order valence-corrected chi connectivity index (χ4v) is 2.13. The molecule has 1 rings (SSSR count). The van der Waals surface area contributed by atoms with Crippen molar-refractivity contribution in [1.82, 2.24) is 4.90 Å².